The number of carbonyl (C=O) groups excluding carboxylic acids is 1. The van der Waals surface area contributed by atoms with Crippen LogP contribution in [0.15, 0.2) is 44.5 Å². The quantitative estimate of drug-likeness (QED) is 0.325. The van der Waals surface area contributed by atoms with Crippen LogP contribution in [0.1, 0.15) is 10.4 Å². The number of nitrogens with zero attached hydrogens (tertiary/aromatic N) is 1. The Balaban J connectivity index is 1.68. The third-order valence-corrected chi connectivity index (χ3v) is 6.13. The summed E-state index contributed by atoms with van der Waals surface area (Å²) in [5, 5.41) is 18.2. The molecule has 28 heavy (non-hydrogen) atoms. The number of fused-ring (bicyclic) bond motifs is 1. The number of primary sulfonamides is 1. The summed E-state index contributed by atoms with van der Waals surface area (Å²) in [7, 11) is -3.81. The van der Waals surface area contributed by atoms with Crippen molar-refractivity contribution in [2.45, 2.75) is 10.1 Å². The number of nitrogens with one attached hydrogen (secondary N) is 2. The number of nitrogens with two attached hydrogens (primary N) is 1. The minimum absolute atomic E-state index is 0.00115. The molecule has 0 fully saturated rings. The van der Waals surface area contributed by atoms with E-state index in [2.05, 4.69) is 15.3 Å². The van der Waals surface area contributed by atoms with E-state index in [1.54, 1.807) is 0 Å². The second-order valence-corrected chi connectivity index (χ2v) is 8.80. The summed E-state index contributed by atoms with van der Waals surface area (Å²) in [6.45, 7) is 0. The summed E-state index contributed by atoms with van der Waals surface area (Å²) in [6, 6.07) is 5.32. The van der Waals surface area contributed by atoms with Crippen LogP contribution in [0.3, 0.4) is 0 Å². The zero-order valence-corrected chi connectivity index (χ0v) is 16.3. The second-order valence-electron chi connectivity index (χ2n) is 5.41. The number of aromatic amines is 1. The maximum absolute atomic E-state index is 12.1. The maximum Gasteiger partial charge on any atom is 0.337 e. The fourth-order valence-corrected chi connectivity index (χ4v) is 4.36. The van der Waals surface area contributed by atoms with E-state index >= 15 is 0 Å². The molecule has 0 saturated heterocycles. The number of carboxylic acids is 1. The molecule has 2 heterocycles. The Morgan fingerprint density at radius 2 is 1.96 bits per heavy atom. The highest BCUT2D eigenvalue weighted by molar-refractivity contribution is 7.99. The van der Waals surface area contributed by atoms with Gasteiger partial charge in [0.05, 0.1) is 21.6 Å². The number of anilines is 1. The van der Waals surface area contributed by atoms with Crippen molar-refractivity contribution in [2.75, 3.05) is 11.1 Å². The van der Waals surface area contributed by atoms with Crippen LogP contribution in [0.5, 0.6) is 0 Å². The summed E-state index contributed by atoms with van der Waals surface area (Å²) >= 11 is 1.99. The van der Waals surface area contributed by atoms with Crippen molar-refractivity contribution in [3.63, 3.8) is 0 Å². The maximum atomic E-state index is 12.1. The van der Waals surface area contributed by atoms with Crippen molar-refractivity contribution < 1.29 is 23.1 Å². The Labute approximate surface area is 165 Å². The second kappa shape index (κ2) is 7.71. The molecule has 0 spiro atoms. The normalized spacial score (nSPS) is 11.5. The largest absolute Gasteiger partial charge is 0.478 e. The number of rotatable bonds is 6. The van der Waals surface area contributed by atoms with Gasteiger partial charge in [0, 0.05) is 11.1 Å². The van der Waals surface area contributed by atoms with Crippen LogP contribution in [0, 0.1) is 0 Å². The monoisotopic (exact) mass is 440 g/mol. The number of thiophene rings is 1. The van der Waals surface area contributed by atoms with Crippen molar-refractivity contribution in [1.29, 1.82) is 0 Å². The molecule has 146 valence electrons. The molecular weight excluding hydrogens is 428 g/mol. The molecule has 5 N–H and O–H groups in total. The van der Waals surface area contributed by atoms with E-state index in [1.807, 2.05) is 0 Å². The number of amides is 1. The van der Waals surface area contributed by atoms with Crippen LogP contribution in [0.25, 0.3) is 10.2 Å². The molecule has 3 aromatic rings. The summed E-state index contributed by atoms with van der Waals surface area (Å²) < 4.78 is 22.4. The lowest BCUT2D eigenvalue weighted by Gasteiger charge is -2.06. The number of aromatic nitrogens is 2. The van der Waals surface area contributed by atoms with Crippen molar-refractivity contribution in [2.24, 2.45) is 5.14 Å². The van der Waals surface area contributed by atoms with Crippen molar-refractivity contribution in [1.82, 2.24) is 9.97 Å². The molecule has 10 nitrogen and oxygen atoms in total. The zero-order valence-electron chi connectivity index (χ0n) is 13.8. The van der Waals surface area contributed by atoms with E-state index in [0.29, 0.717) is 5.69 Å². The number of aromatic carboxylic acids is 1. The number of H-pyrrole nitrogens is 1. The molecule has 1 aromatic carbocycles. The molecule has 0 radical (unpaired) electrons. The highest BCUT2D eigenvalue weighted by Crippen LogP contribution is 2.23. The van der Waals surface area contributed by atoms with Gasteiger partial charge in [-0.3, -0.25) is 9.59 Å². The van der Waals surface area contributed by atoms with Gasteiger partial charge < -0.3 is 15.4 Å². The predicted octanol–water partition coefficient (Wildman–Crippen LogP) is 1.06. The lowest BCUT2D eigenvalue weighted by molar-refractivity contribution is -0.113. The Morgan fingerprint density at radius 1 is 1.29 bits per heavy atom. The van der Waals surface area contributed by atoms with Crippen LogP contribution in [0.4, 0.5) is 5.69 Å². The van der Waals surface area contributed by atoms with Crippen LogP contribution >= 0.6 is 23.1 Å². The van der Waals surface area contributed by atoms with Gasteiger partial charge in [-0.1, -0.05) is 11.8 Å². The van der Waals surface area contributed by atoms with E-state index in [4.69, 9.17) is 10.2 Å². The Hall–Kier alpha value is -2.74. The molecule has 0 aliphatic heterocycles. The first kappa shape index (κ1) is 20.0. The van der Waals surface area contributed by atoms with E-state index in [1.165, 1.54) is 29.6 Å². The van der Waals surface area contributed by atoms with E-state index < -0.39 is 27.5 Å². The first-order chi connectivity index (χ1) is 13.1. The number of benzene rings is 1. The molecule has 0 bridgehead atoms. The van der Waals surface area contributed by atoms with Gasteiger partial charge in [-0.05, 0) is 24.3 Å². The number of carbonyl (C=O) groups is 2. The van der Waals surface area contributed by atoms with Gasteiger partial charge in [0.15, 0.2) is 5.16 Å². The molecular formula is C15H12N4O6S3. The minimum Gasteiger partial charge on any atom is -0.478 e. The zero-order chi connectivity index (χ0) is 20.5. The highest BCUT2D eigenvalue weighted by atomic mass is 32.2. The SMILES string of the molecule is NS(=O)(=O)c1ccc(NC(=O)CSc2nc3scc(C(=O)O)c3c(=O)[nH]2)cc1. The van der Waals surface area contributed by atoms with Crippen molar-refractivity contribution >= 4 is 60.9 Å². The molecule has 0 aliphatic carbocycles. The molecule has 2 aromatic heterocycles. The van der Waals surface area contributed by atoms with E-state index in [0.717, 1.165) is 23.1 Å². The fourth-order valence-electron chi connectivity index (χ4n) is 2.21. The third-order valence-electron chi connectivity index (χ3n) is 3.46. The Morgan fingerprint density at radius 3 is 2.57 bits per heavy atom. The smallest absolute Gasteiger partial charge is 0.337 e. The van der Waals surface area contributed by atoms with Crippen LogP contribution in [-0.4, -0.2) is 41.1 Å². The minimum atomic E-state index is -3.81. The van der Waals surface area contributed by atoms with Gasteiger partial charge >= 0.3 is 5.97 Å². The third kappa shape index (κ3) is 4.39. The standard InChI is InChI=1S/C15H12N4O6S3/c16-28(24,25)8-3-1-7(2-4-8)17-10(20)6-27-15-18-12(21)11-9(14(22)23)5-26-13(11)19-15/h1-5H,6H2,(H,17,20)(H,22,23)(H2,16,24,25)(H,18,19,21). The van der Waals surface area contributed by atoms with Crippen molar-refractivity contribution in [3.8, 4) is 0 Å². The number of thioether (sulfide) groups is 1. The van der Waals surface area contributed by atoms with Gasteiger partial charge in [0.1, 0.15) is 4.83 Å². The highest BCUT2D eigenvalue weighted by Gasteiger charge is 2.17. The topological polar surface area (TPSA) is 172 Å². The number of carboxylic acid groups (broad SMARTS) is 1. The Kier molecular flexibility index (Phi) is 5.51. The Bertz CT molecular complexity index is 1230. The first-order valence-corrected chi connectivity index (χ1v) is 10.9. The van der Waals surface area contributed by atoms with Crippen LogP contribution in [-0.2, 0) is 14.8 Å². The van der Waals surface area contributed by atoms with Crippen molar-refractivity contribution in [3.05, 3.63) is 45.6 Å². The van der Waals surface area contributed by atoms with Gasteiger partial charge in [-0.15, -0.1) is 11.3 Å². The van der Waals surface area contributed by atoms with Gasteiger partial charge in [0.2, 0.25) is 15.9 Å². The average Bonchev–Trinajstić information content (AvgIpc) is 3.04. The van der Waals surface area contributed by atoms with E-state index in [-0.39, 0.29) is 31.6 Å². The molecule has 0 aliphatic rings. The molecule has 3 rings (SSSR count). The molecule has 1 amide bonds. The average molecular weight is 440 g/mol. The first-order valence-electron chi connectivity index (χ1n) is 7.45. The number of hydrogen-bond donors (Lipinski definition) is 4. The van der Waals surface area contributed by atoms with Gasteiger partial charge in [-0.2, -0.15) is 0 Å². The molecule has 0 saturated carbocycles. The van der Waals surface area contributed by atoms with Gasteiger partial charge in [-0.25, -0.2) is 23.3 Å². The molecule has 0 atom stereocenters. The van der Waals surface area contributed by atoms with Crippen LogP contribution in [0.2, 0.25) is 0 Å². The predicted molar refractivity (Wildman–Crippen MR) is 104 cm³/mol. The summed E-state index contributed by atoms with van der Waals surface area (Å²) in [4.78, 5) is 42.1. The molecule has 13 heteroatoms. The van der Waals surface area contributed by atoms with Crippen LogP contribution < -0.4 is 16.0 Å². The molecule has 0 unspecified atom stereocenters. The summed E-state index contributed by atoms with van der Waals surface area (Å²) in [5.41, 5.74) is -0.338. The number of sulfonamides is 1. The van der Waals surface area contributed by atoms with Gasteiger partial charge in [0.25, 0.3) is 5.56 Å². The summed E-state index contributed by atoms with van der Waals surface area (Å²) in [6.07, 6.45) is 0. The lowest BCUT2D eigenvalue weighted by atomic mass is 10.2. The summed E-state index contributed by atoms with van der Waals surface area (Å²) in [5.74, 6) is -1.71. The van der Waals surface area contributed by atoms with E-state index in [9.17, 15) is 22.8 Å². The number of hydrogen-bond acceptors (Lipinski definition) is 8. The fraction of sp³-hybridized carbons (Fsp3) is 0.0667. The lowest BCUT2D eigenvalue weighted by Crippen LogP contribution is -2.16.